The third-order valence-corrected chi connectivity index (χ3v) is 6.08. The molecule has 2 atom stereocenters. The maximum Gasteiger partial charge on any atom is 0.261 e. The van der Waals surface area contributed by atoms with E-state index in [1.165, 1.54) is 11.0 Å². The number of rotatable bonds is 5. The number of nitrogens with zero attached hydrogens (tertiary/aromatic N) is 1. The van der Waals surface area contributed by atoms with Crippen molar-refractivity contribution in [3.63, 3.8) is 0 Å². The third kappa shape index (κ3) is 3.84. The summed E-state index contributed by atoms with van der Waals surface area (Å²) in [7, 11) is 0. The van der Waals surface area contributed by atoms with Gasteiger partial charge in [0.25, 0.3) is 17.7 Å². The van der Waals surface area contributed by atoms with Crippen LogP contribution in [-0.4, -0.2) is 41.9 Å². The maximum atomic E-state index is 12.8. The molecule has 0 saturated carbocycles. The molecule has 0 aromatic heterocycles. The summed E-state index contributed by atoms with van der Waals surface area (Å²) >= 11 is 3.49. The van der Waals surface area contributed by atoms with Crippen LogP contribution in [0.5, 0.6) is 0 Å². The minimum absolute atomic E-state index is 0.106. The van der Waals surface area contributed by atoms with Crippen molar-refractivity contribution >= 4 is 33.7 Å². The number of carbonyl (C=O) groups excluding carboxylic acids is 3. The van der Waals surface area contributed by atoms with Gasteiger partial charge in [-0.3, -0.25) is 19.3 Å². The summed E-state index contributed by atoms with van der Waals surface area (Å²) in [5.74, 6) is -0.989. The third-order valence-electron chi connectivity index (χ3n) is 5.36. The summed E-state index contributed by atoms with van der Waals surface area (Å²) < 4.78 is 6.46. The fourth-order valence-electron chi connectivity index (χ4n) is 3.77. The van der Waals surface area contributed by atoms with E-state index in [1.807, 2.05) is 31.2 Å². The molecular formula is C22H21BrN2O4. The zero-order valence-electron chi connectivity index (χ0n) is 16.0. The van der Waals surface area contributed by atoms with Crippen LogP contribution < -0.4 is 5.32 Å². The van der Waals surface area contributed by atoms with Crippen molar-refractivity contribution in [2.45, 2.75) is 31.9 Å². The van der Waals surface area contributed by atoms with Crippen LogP contribution >= 0.6 is 15.9 Å². The Labute approximate surface area is 177 Å². The highest BCUT2D eigenvalue weighted by molar-refractivity contribution is 9.10. The van der Waals surface area contributed by atoms with Gasteiger partial charge in [-0.25, -0.2) is 0 Å². The second kappa shape index (κ2) is 8.08. The van der Waals surface area contributed by atoms with Gasteiger partial charge >= 0.3 is 0 Å². The minimum Gasteiger partial charge on any atom is -0.376 e. The zero-order chi connectivity index (χ0) is 20.5. The number of amides is 3. The fraction of sp³-hybridized carbons (Fsp3) is 0.318. The molecule has 0 bridgehead atoms. The summed E-state index contributed by atoms with van der Waals surface area (Å²) in [6.45, 7) is 2.81. The van der Waals surface area contributed by atoms with Gasteiger partial charge in [0, 0.05) is 16.6 Å². The number of hydrogen-bond donors (Lipinski definition) is 1. The summed E-state index contributed by atoms with van der Waals surface area (Å²) in [5.41, 5.74) is 1.91. The molecule has 1 N–H and O–H groups in total. The lowest BCUT2D eigenvalue weighted by atomic mass is 10.0. The van der Waals surface area contributed by atoms with Gasteiger partial charge in [0.1, 0.15) is 0 Å². The van der Waals surface area contributed by atoms with Crippen LogP contribution in [-0.2, 0) is 4.74 Å². The van der Waals surface area contributed by atoms with Gasteiger partial charge in [-0.2, -0.15) is 0 Å². The monoisotopic (exact) mass is 456 g/mol. The van der Waals surface area contributed by atoms with E-state index in [2.05, 4.69) is 21.2 Å². The topological polar surface area (TPSA) is 75.7 Å². The zero-order valence-corrected chi connectivity index (χ0v) is 17.6. The molecule has 4 rings (SSSR count). The van der Waals surface area contributed by atoms with Crippen LogP contribution in [0.2, 0.25) is 0 Å². The second-order valence-corrected chi connectivity index (χ2v) is 8.19. The standard InChI is InChI=1S/C22H21BrN2O4/c1-13(16-6-2-3-7-19(16)23)24-20(26)14-8-9-17-18(11-14)22(28)25(21(17)27)12-15-5-4-10-29-15/h2-3,6-9,11,13,15H,4-5,10,12H2,1H3,(H,24,26). The van der Waals surface area contributed by atoms with E-state index in [1.54, 1.807) is 12.1 Å². The predicted octanol–water partition coefficient (Wildman–Crippen LogP) is 3.72. The number of carbonyl (C=O) groups is 3. The van der Waals surface area contributed by atoms with E-state index in [4.69, 9.17) is 4.74 Å². The highest BCUT2D eigenvalue weighted by Crippen LogP contribution is 2.27. The lowest BCUT2D eigenvalue weighted by Gasteiger charge is -2.17. The van der Waals surface area contributed by atoms with Crippen LogP contribution in [0.1, 0.15) is 62.4 Å². The molecule has 2 aliphatic rings. The normalized spacial score (nSPS) is 19.4. The Morgan fingerprint density at radius 3 is 2.69 bits per heavy atom. The molecule has 150 valence electrons. The van der Waals surface area contributed by atoms with E-state index >= 15 is 0 Å². The first-order chi connectivity index (χ1) is 14.0. The molecule has 2 aromatic carbocycles. The smallest absolute Gasteiger partial charge is 0.261 e. The number of ether oxygens (including phenoxy) is 1. The number of imide groups is 1. The van der Waals surface area contributed by atoms with Gasteiger partial charge in [0.2, 0.25) is 0 Å². The quantitative estimate of drug-likeness (QED) is 0.695. The van der Waals surface area contributed by atoms with Crippen LogP contribution in [0, 0.1) is 0 Å². The molecule has 2 heterocycles. The first kappa shape index (κ1) is 19.8. The van der Waals surface area contributed by atoms with Crippen LogP contribution in [0.15, 0.2) is 46.9 Å². The molecule has 2 aliphatic heterocycles. The number of fused-ring (bicyclic) bond motifs is 1. The average molecular weight is 457 g/mol. The molecule has 2 aromatic rings. The second-order valence-electron chi connectivity index (χ2n) is 7.33. The molecule has 1 saturated heterocycles. The van der Waals surface area contributed by atoms with Crippen molar-refractivity contribution in [2.75, 3.05) is 13.2 Å². The molecule has 7 heteroatoms. The van der Waals surface area contributed by atoms with Crippen LogP contribution in [0.4, 0.5) is 0 Å². The molecule has 3 amide bonds. The van der Waals surface area contributed by atoms with Crippen molar-refractivity contribution in [2.24, 2.45) is 0 Å². The van der Waals surface area contributed by atoms with Crippen LogP contribution in [0.3, 0.4) is 0 Å². The van der Waals surface area contributed by atoms with E-state index in [0.717, 1.165) is 22.9 Å². The Morgan fingerprint density at radius 1 is 1.21 bits per heavy atom. The summed E-state index contributed by atoms with van der Waals surface area (Å²) in [5, 5.41) is 2.94. The van der Waals surface area contributed by atoms with Crippen molar-refractivity contribution in [3.8, 4) is 0 Å². The van der Waals surface area contributed by atoms with Gasteiger partial charge in [0.15, 0.2) is 0 Å². The maximum absolute atomic E-state index is 12.8. The highest BCUT2D eigenvalue weighted by atomic mass is 79.9. The molecule has 6 nitrogen and oxygen atoms in total. The lowest BCUT2D eigenvalue weighted by molar-refractivity contribution is 0.0475. The molecule has 29 heavy (non-hydrogen) atoms. The molecule has 0 spiro atoms. The van der Waals surface area contributed by atoms with Gasteiger partial charge in [-0.05, 0) is 49.6 Å². The number of halogens is 1. The number of nitrogens with one attached hydrogen (secondary N) is 1. The van der Waals surface area contributed by atoms with Gasteiger partial charge < -0.3 is 10.1 Å². The highest BCUT2D eigenvalue weighted by Gasteiger charge is 2.38. The summed E-state index contributed by atoms with van der Waals surface area (Å²) in [4.78, 5) is 39.3. The van der Waals surface area contributed by atoms with Crippen molar-refractivity contribution in [3.05, 3.63) is 69.2 Å². The number of hydrogen-bond acceptors (Lipinski definition) is 4. The summed E-state index contributed by atoms with van der Waals surface area (Å²) in [6, 6.07) is 12.1. The molecular weight excluding hydrogens is 436 g/mol. The first-order valence-electron chi connectivity index (χ1n) is 9.63. The predicted molar refractivity (Wildman–Crippen MR) is 111 cm³/mol. The Bertz CT molecular complexity index is 985. The fourth-order valence-corrected chi connectivity index (χ4v) is 4.40. The van der Waals surface area contributed by atoms with Crippen LogP contribution in [0.25, 0.3) is 0 Å². The molecule has 0 radical (unpaired) electrons. The minimum atomic E-state index is -0.367. The van der Waals surface area contributed by atoms with E-state index in [9.17, 15) is 14.4 Å². The van der Waals surface area contributed by atoms with Gasteiger partial charge in [-0.1, -0.05) is 34.1 Å². The SMILES string of the molecule is CC(NC(=O)c1ccc2c(c1)C(=O)N(CC1CCCO1)C2=O)c1ccccc1Br. The van der Waals surface area contributed by atoms with E-state index < -0.39 is 0 Å². The van der Waals surface area contributed by atoms with Crippen molar-refractivity contribution < 1.29 is 19.1 Å². The Kier molecular flexibility index (Phi) is 5.52. The van der Waals surface area contributed by atoms with Crippen molar-refractivity contribution in [1.82, 2.24) is 10.2 Å². The first-order valence-corrected chi connectivity index (χ1v) is 10.4. The summed E-state index contributed by atoms with van der Waals surface area (Å²) in [6.07, 6.45) is 1.67. The lowest BCUT2D eigenvalue weighted by Crippen LogP contribution is -2.36. The average Bonchev–Trinajstić information content (AvgIpc) is 3.31. The van der Waals surface area contributed by atoms with Crippen molar-refractivity contribution in [1.29, 1.82) is 0 Å². The molecule has 0 aliphatic carbocycles. The molecule has 2 unspecified atom stereocenters. The van der Waals surface area contributed by atoms with E-state index in [0.29, 0.717) is 17.7 Å². The largest absolute Gasteiger partial charge is 0.376 e. The Morgan fingerprint density at radius 2 is 1.97 bits per heavy atom. The van der Waals surface area contributed by atoms with E-state index in [-0.39, 0.29) is 42.0 Å². The van der Waals surface area contributed by atoms with Gasteiger partial charge in [0.05, 0.1) is 29.8 Å². The van der Waals surface area contributed by atoms with Gasteiger partial charge in [-0.15, -0.1) is 0 Å². The Balaban J connectivity index is 1.51. The Hall–Kier alpha value is -2.51. The number of benzene rings is 2. The molecule has 1 fully saturated rings.